The molecule has 1 heterocycles. The Balaban J connectivity index is 0.000000845. The van der Waals surface area contributed by atoms with Crippen LogP contribution >= 0.6 is 11.6 Å². The van der Waals surface area contributed by atoms with Crippen molar-refractivity contribution in [1.82, 2.24) is 4.98 Å². The van der Waals surface area contributed by atoms with Gasteiger partial charge in [0.25, 0.3) is 0 Å². The van der Waals surface area contributed by atoms with E-state index in [0.717, 1.165) is 5.39 Å². The maximum Gasteiger partial charge on any atom is 0.141 e. The fourth-order valence-electron chi connectivity index (χ4n) is 1.12. The van der Waals surface area contributed by atoms with Crippen LogP contribution < -0.4 is 0 Å². The zero-order valence-corrected chi connectivity index (χ0v) is 9.04. The summed E-state index contributed by atoms with van der Waals surface area (Å²) in [6.45, 7) is 0. The van der Waals surface area contributed by atoms with E-state index in [1.54, 1.807) is 18.3 Å². The van der Waals surface area contributed by atoms with Gasteiger partial charge in [0.1, 0.15) is 11.3 Å². The number of aromatic hydroxyl groups is 1. The summed E-state index contributed by atoms with van der Waals surface area (Å²) in [4.78, 5) is 4.01. The van der Waals surface area contributed by atoms with E-state index in [-0.39, 0.29) is 28.8 Å². The molecule has 0 aliphatic heterocycles. The maximum atomic E-state index is 9.37. The number of aromatic nitrogens is 1. The van der Waals surface area contributed by atoms with Crippen molar-refractivity contribution < 1.29 is 5.11 Å². The highest BCUT2D eigenvalue weighted by atomic mass is 35.5. The van der Waals surface area contributed by atoms with Crippen LogP contribution in [0.1, 0.15) is 0 Å². The molecule has 1 aromatic heterocycles. The number of hydrogen-bond acceptors (Lipinski definition) is 2. The molecule has 0 aliphatic rings. The van der Waals surface area contributed by atoms with Gasteiger partial charge in [-0.3, -0.25) is 4.98 Å². The monoisotopic (exact) mass is 203 g/mol. The third-order valence-electron chi connectivity index (χ3n) is 1.70. The molecule has 0 spiro atoms. The Bertz CT molecular complexity index is 392. The summed E-state index contributed by atoms with van der Waals surface area (Å²) in [5.74, 6) is 0.162. The molecule has 1 N–H and O–H groups in total. The van der Waals surface area contributed by atoms with Gasteiger partial charge in [-0.2, -0.15) is 0 Å². The van der Waals surface area contributed by atoms with Gasteiger partial charge in [-0.1, -0.05) is 11.6 Å². The van der Waals surface area contributed by atoms with E-state index in [9.17, 15) is 5.11 Å². The van der Waals surface area contributed by atoms with Crippen LogP contribution in [0.2, 0.25) is 5.02 Å². The Morgan fingerprint density at radius 2 is 2.00 bits per heavy atom. The molecule has 0 amide bonds. The van der Waals surface area contributed by atoms with Crippen molar-refractivity contribution >= 4 is 45.6 Å². The minimum Gasteiger partial charge on any atom is -0.506 e. The summed E-state index contributed by atoms with van der Waals surface area (Å²) in [5, 5.41) is 10.8. The summed E-state index contributed by atoms with van der Waals surface area (Å²) in [6, 6.07) is 6.80. The first kappa shape index (κ1) is 10.6. The van der Waals surface area contributed by atoms with Gasteiger partial charge in [0.15, 0.2) is 0 Å². The number of fused-ring (bicyclic) bond motifs is 1. The van der Waals surface area contributed by atoms with Crippen molar-refractivity contribution in [1.29, 1.82) is 0 Å². The van der Waals surface area contributed by atoms with Gasteiger partial charge in [-0.15, -0.1) is 0 Å². The molecule has 2 radical (unpaired) electrons. The number of nitrogens with zero attached hydrogens (tertiary/aromatic N) is 1. The Kier molecular flexibility index (Phi) is 3.36. The molecule has 0 bridgehead atoms. The molecular weight excluding hydrogens is 198 g/mol. The summed E-state index contributed by atoms with van der Waals surface area (Å²) < 4.78 is 0. The largest absolute Gasteiger partial charge is 0.506 e. The van der Waals surface area contributed by atoms with Crippen LogP contribution in [0.3, 0.4) is 0 Å². The smallest absolute Gasteiger partial charge is 0.141 e. The van der Waals surface area contributed by atoms with Crippen LogP contribution in [0.4, 0.5) is 0 Å². The summed E-state index contributed by atoms with van der Waals surface area (Å²) >= 11 is 5.88. The number of halogens is 1. The van der Waals surface area contributed by atoms with Crippen LogP contribution in [0, 0.1) is 0 Å². The predicted octanol–water partition coefficient (Wildman–Crippen LogP) is 2.21. The molecular formula is C9H6ClMgNO. The van der Waals surface area contributed by atoms with Crippen LogP contribution in [-0.4, -0.2) is 33.1 Å². The molecule has 0 atom stereocenters. The van der Waals surface area contributed by atoms with Crippen LogP contribution in [0.5, 0.6) is 5.75 Å². The summed E-state index contributed by atoms with van der Waals surface area (Å²) in [5.41, 5.74) is 0.546. The van der Waals surface area contributed by atoms with E-state index in [1.165, 1.54) is 6.07 Å². The molecule has 0 unspecified atom stereocenters. The van der Waals surface area contributed by atoms with E-state index in [0.29, 0.717) is 10.5 Å². The molecule has 2 rings (SSSR count). The first-order valence-corrected chi connectivity index (χ1v) is 3.89. The second kappa shape index (κ2) is 4.13. The molecule has 0 aliphatic carbocycles. The normalized spacial score (nSPS) is 9.62. The number of rotatable bonds is 0. The number of benzene rings is 1. The lowest BCUT2D eigenvalue weighted by atomic mass is 10.2. The first-order valence-electron chi connectivity index (χ1n) is 3.51. The fraction of sp³-hybridized carbons (Fsp3) is 0. The molecule has 2 nitrogen and oxygen atoms in total. The van der Waals surface area contributed by atoms with Crippen molar-refractivity contribution in [2.75, 3.05) is 0 Å². The second-order valence-electron chi connectivity index (χ2n) is 2.47. The topological polar surface area (TPSA) is 33.1 Å². The second-order valence-corrected chi connectivity index (χ2v) is 2.87. The van der Waals surface area contributed by atoms with Gasteiger partial charge in [-0.05, 0) is 24.3 Å². The van der Waals surface area contributed by atoms with Crippen LogP contribution in [0.25, 0.3) is 10.9 Å². The minimum atomic E-state index is 0. The Morgan fingerprint density at radius 3 is 2.69 bits per heavy atom. The number of pyridine rings is 1. The standard InChI is InChI=1S/C9H6ClNO.Mg/c10-7-3-4-8(12)9-6(7)2-1-5-11-9;/h1-5,12H;. The number of phenols is 1. The van der Waals surface area contributed by atoms with E-state index in [1.807, 2.05) is 6.07 Å². The third kappa shape index (κ3) is 1.87. The Hall–Kier alpha value is -0.514. The molecule has 62 valence electrons. The quantitative estimate of drug-likeness (QED) is 0.667. The van der Waals surface area contributed by atoms with Gasteiger partial charge < -0.3 is 5.11 Å². The van der Waals surface area contributed by atoms with Gasteiger partial charge in [0.05, 0.1) is 5.02 Å². The SMILES string of the molecule is Oc1ccc(Cl)c2cccnc12.[Mg]. The zero-order valence-electron chi connectivity index (χ0n) is 6.87. The zero-order chi connectivity index (χ0) is 8.55. The Morgan fingerprint density at radius 1 is 1.23 bits per heavy atom. The van der Waals surface area contributed by atoms with Crippen LogP contribution in [-0.2, 0) is 0 Å². The molecule has 0 saturated carbocycles. The van der Waals surface area contributed by atoms with Crippen molar-refractivity contribution in [3.8, 4) is 5.75 Å². The average Bonchev–Trinajstić information content (AvgIpc) is 2.12. The molecule has 0 fully saturated rings. The lowest BCUT2D eigenvalue weighted by Crippen LogP contribution is -1.78. The van der Waals surface area contributed by atoms with E-state index in [2.05, 4.69) is 4.98 Å². The fourth-order valence-corrected chi connectivity index (χ4v) is 1.34. The maximum absolute atomic E-state index is 9.37. The molecule has 13 heavy (non-hydrogen) atoms. The van der Waals surface area contributed by atoms with Crippen molar-refractivity contribution in [3.05, 3.63) is 35.5 Å². The summed E-state index contributed by atoms with van der Waals surface area (Å²) in [7, 11) is 0. The lowest BCUT2D eigenvalue weighted by molar-refractivity contribution is 0.480. The minimum absolute atomic E-state index is 0. The molecule has 2 aromatic rings. The third-order valence-corrected chi connectivity index (χ3v) is 2.02. The van der Waals surface area contributed by atoms with Crippen molar-refractivity contribution in [3.63, 3.8) is 0 Å². The number of phenolic OH excluding ortho intramolecular Hbond substituents is 1. The molecule has 4 heteroatoms. The van der Waals surface area contributed by atoms with Gasteiger partial charge >= 0.3 is 0 Å². The van der Waals surface area contributed by atoms with Crippen LogP contribution in [0.15, 0.2) is 30.5 Å². The Labute approximate surface area is 96.7 Å². The van der Waals surface area contributed by atoms with Crippen molar-refractivity contribution in [2.45, 2.75) is 0 Å². The van der Waals surface area contributed by atoms with Gasteiger partial charge in [-0.25, -0.2) is 0 Å². The highest BCUT2D eigenvalue weighted by Gasteiger charge is 2.02. The lowest BCUT2D eigenvalue weighted by Gasteiger charge is -2.00. The van der Waals surface area contributed by atoms with Gasteiger partial charge in [0, 0.05) is 34.6 Å². The van der Waals surface area contributed by atoms with Gasteiger partial charge in [0.2, 0.25) is 0 Å². The molecule has 1 aromatic carbocycles. The highest BCUT2D eigenvalue weighted by molar-refractivity contribution is 6.35. The number of hydrogen-bond donors (Lipinski definition) is 1. The van der Waals surface area contributed by atoms with E-state index in [4.69, 9.17) is 11.6 Å². The highest BCUT2D eigenvalue weighted by Crippen LogP contribution is 2.28. The predicted molar refractivity (Wildman–Crippen MR) is 54.2 cm³/mol. The first-order chi connectivity index (χ1) is 5.79. The van der Waals surface area contributed by atoms with Crippen molar-refractivity contribution in [2.24, 2.45) is 0 Å². The van der Waals surface area contributed by atoms with E-state index < -0.39 is 0 Å². The van der Waals surface area contributed by atoms with E-state index >= 15 is 0 Å². The summed E-state index contributed by atoms with van der Waals surface area (Å²) in [6.07, 6.45) is 1.62. The average molecular weight is 204 g/mol. The molecule has 0 saturated heterocycles.